The highest BCUT2D eigenvalue weighted by Gasteiger charge is 2.22. The number of aryl methyl sites for hydroxylation is 1. The van der Waals surface area contributed by atoms with Crippen LogP contribution in [0.2, 0.25) is 0 Å². The SMILES string of the molecule is Cc1ccc(NC(=O)CCS(=O)(=O)c2ccc3c(c2)NC(=O)CC(C)S3)cc1. The first-order valence-corrected chi connectivity index (χ1v) is 11.5. The number of benzene rings is 2. The molecule has 0 fully saturated rings. The van der Waals surface area contributed by atoms with Gasteiger partial charge >= 0.3 is 0 Å². The molecule has 0 aromatic heterocycles. The second-order valence-corrected chi connectivity index (χ2v) is 10.4. The van der Waals surface area contributed by atoms with Crippen molar-refractivity contribution in [3.63, 3.8) is 0 Å². The van der Waals surface area contributed by atoms with Crippen LogP contribution in [0.15, 0.2) is 52.3 Å². The summed E-state index contributed by atoms with van der Waals surface area (Å²) in [7, 11) is -3.65. The molecule has 0 radical (unpaired) electrons. The van der Waals surface area contributed by atoms with Gasteiger partial charge < -0.3 is 10.6 Å². The van der Waals surface area contributed by atoms with Gasteiger partial charge in [0, 0.05) is 28.7 Å². The lowest BCUT2D eigenvalue weighted by atomic mass is 10.2. The Morgan fingerprint density at radius 3 is 2.64 bits per heavy atom. The summed E-state index contributed by atoms with van der Waals surface area (Å²) in [6.45, 7) is 3.90. The van der Waals surface area contributed by atoms with Crippen LogP contribution in [0.25, 0.3) is 0 Å². The molecule has 1 aliphatic heterocycles. The van der Waals surface area contributed by atoms with Gasteiger partial charge in [0.25, 0.3) is 0 Å². The van der Waals surface area contributed by atoms with E-state index in [1.807, 2.05) is 26.0 Å². The fourth-order valence-electron chi connectivity index (χ4n) is 2.83. The van der Waals surface area contributed by atoms with Crippen LogP contribution in [0.4, 0.5) is 11.4 Å². The number of fused-ring (bicyclic) bond motifs is 1. The number of amides is 2. The number of hydrogen-bond donors (Lipinski definition) is 2. The molecule has 6 nitrogen and oxygen atoms in total. The molecule has 1 heterocycles. The zero-order valence-corrected chi connectivity index (χ0v) is 17.3. The topological polar surface area (TPSA) is 92.3 Å². The van der Waals surface area contributed by atoms with Crippen LogP contribution in [-0.2, 0) is 19.4 Å². The normalized spacial score (nSPS) is 16.6. The molecule has 0 saturated carbocycles. The molecular formula is C20H22N2O4S2. The molecule has 1 aliphatic rings. The molecule has 2 amide bonds. The van der Waals surface area contributed by atoms with Crippen molar-refractivity contribution >= 4 is 44.8 Å². The molecule has 2 aromatic carbocycles. The number of carbonyl (C=O) groups excluding carboxylic acids is 2. The van der Waals surface area contributed by atoms with E-state index in [9.17, 15) is 18.0 Å². The highest BCUT2D eigenvalue weighted by molar-refractivity contribution is 8.00. The van der Waals surface area contributed by atoms with Crippen LogP contribution < -0.4 is 10.6 Å². The van der Waals surface area contributed by atoms with E-state index in [2.05, 4.69) is 10.6 Å². The maximum atomic E-state index is 12.7. The van der Waals surface area contributed by atoms with E-state index in [4.69, 9.17) is 0 Å². The van der Waals surface area contributed by atoms with Crippen molar-refractivity contribution in [3.8, 4) is 0 Å². The first-order chi connectivity index (χ1) is 13.2. The van der Waals surface area contributed by atoms with E-state index in [-0.39, 0.29) is 34.1 Å². The molecule has 0 bridgehead atoms. The highest BCUT2D eigenvalue weighted by atomic mass is 32.2. The van der Waals surface area contributed by atoms with Gasteiger partial charge in [-0.1, -0.05) is 24.6 Å². The molecule has 2 N–H and O–H groups in total. The smallest absolute Gasteiger partial charge is 0.225 e. The maximum Gasteiger partial charge on any atom is 0.225 e. The Hall–Kier alpha value is -2.32. The van der Waals surface area contributed by atoms with E-state index in [0.717, 1.165) is 10.5 Å². The summed E-state index contributed by atoms with van der Waals surface area (Å²) in [6, 6.07) is 12.0. The molecule has 0 saturated heterocycles. The molecular weight excluding hydrogens is 396 g/mol. The summed E-state index contributed by atoms with van der Waals surface area (Å²) in [5, 5.41) is 5.58. The standard InChI is InChI=1S/C20H22N2O4S2/c1-13-3-5-15(6-4-13)21-19(23)9-10-28(25,26)16-7-8-18-17(12-16)22-20(24)11-14(2)27-18/h3-8,12,14H,9-11H2,1-2H3,(H,21,23)(H,22,24). The molecule has 0 spiro atoms. The van der Waals surface area contributed by atoms with Crippen molar-refractivity contribution < 1.29 is 18.0 Å². The van der Waals surface area contributed by atoms with E-state index in [1.165, 1.54) is 23.9 Å². The molecule has 1 unspecified atom stereocenters. The molecule has 2 aromatic rings. The third-order valence-electron chi connectivity index (χ3n) is 4.32. The minimum Gasteiger partial charge on any atom is -0.326 e. The number of carbonyl (C=O) groups is 2. The molecule has 0 aliphatic carbocycles. The number of nitrogens with one attached hydrogen (secondary N) is 2. The molecule has 1 atom stereocenters. The molecule has 3 rings (SSSR count). The number of anilines is 2. The average molecular weight is 419 g/mol. The fraction of sp³-hybridized carbons (Fsp3) is 0.300. The monoisotopic (exact) mass is 418 g/mol. The first kappa shape index (κ1) is 20.4. The Balaban J connectivity index is 1.68. The number of sulfone groups is 1. The van der Waals surface area contributed by atoms with Gasteiger partial charge in [-0.15, -0.1) is 11.8 Å². The average Bonchev–Trinajstić information content (AvgIpc) is 2.77. The van der Waals surface area contributed by atoms with Crippen LogP contribution in [0, 0.1) is 6.92 Å². The van der Waals surface area contributed by atoms with Gasteiger partial charge in [0.1, 0.15) is 0 Å². The lowest BCUT2D eigenvalue weighted by molar-refractivity contribution is -0.116. The zero-order chi connectivity index (χ0) is 20.3. The van der Waals surface area contributed by atoms with Crippen molar-refractivity contribution in [2.24, 2.45) is 0 Å². The van der Waals surface area contributed by atoms with Crippen LogP contribution in [-0.4, -0.2) is 31.2 Å². The van der Waals surface area contributed by atoms with Gasteiger partial charge in [-0.25, -0.2) is 8.42 Å². The van der Waals surface area contributed by atoms with E-state index >= 15 is 0 Å². The van der Waals surface area contributed by atoms with Crippen LogP contribution >= 0.6 is 11.8 Å². The van der Waals surface area contributed by atoms with Gasteiger partial charge in [-0.05, 0) is 37.3 Å². The number of hydrogen-bond acceptors (Lipinski definition) is 5. The Labute approximate surface area is 169 Å². The zero-order valence-electron chi connectivity index (χ0n) is 15.7. The summed E-state index contributed by atoms with van der Waals surface area (Å²) in [6.07, 6.45) is 0.228. The van der Waals surface area contributed by atoms with Crippen molar-refractivity contribution in [1.82, 2.24) is 0 Å². The fourth-order valence-corrected chi connectivity index (χ4v) is 5.14. The third-order valence-corrected chi connectivity index (χ3v) is 7.21. The molecule has 28 heavy (non-hydrogen) atoms. The van der Waals surface area contributed by atoms with E-state index in [0.29, 0.717) is 17.8 Å². The summed E-state index contributed by atoms with van der Waals surface area (Å²) < 4.78 is 25.3. The van der Waals surface area contributed by atoms with Crippen molar-refractivity contribution in [1.29, 1.82) is 0 Å². The maximum absolute atomic E-state index is 12.7. The minimum absolute atomic E-state index is 0.102. The number of thioether (sulfide) groups is 1. The van der Waals surface area contributed by atoms with Gasteiger partial charge in [-0.2, -0.15) is 0 Å². The predicted molar refractivity (Wildman–Crippen MR) is 111 cm³/mol. The third kappa shape index (κ3) is 5.14. The van der Waals surface area contributed by atoms with Gasteiger partial charge in [0.15, 0.2) is 9.84 Å². The van der Waals surface area contributed by atoms with Crippen molar-refractivity contribution in [3.05, 3.63) is 48.0 Å². The minimum atomic E-state index is -3.65. The van der Waals surface area contributed by atoms with E-state index in [1.54, 1.807) is 18.2 Å². The van der Waals surface area contributed by atoms with Crippen LogP contribution in [0.1, 0.15) is 25.3 Å². The quantitative estimate of drug-likeness (QED) is 0.774. The Kier molecular flexibility index (Phi) is 6.10. The van der Waals surface area contributed by atoms with Gasteiger partial charge in [0.2, 0.25) is 11.8 Å². The lowest BCUT2D eigenvalue weighted by Crippen LogP contribution is -2.18. The van der Waals surface area contributed by atoms with Crippen molar-refractivity contribution in [2.75, 3.05) is 16.4 Å². The Morgan fingerprint density at radius 2 is 1.93 bits per heavy atom. The summed E-state index contributed by atoms with van der Waals surface area (Å²) in [5.41, 5.74) is 2.21. The van der Waals surface area contributed by atoms with Crippen LogP contribution in [0.5, 0.6) is 0 Å². The number of rotatable bonds is 5. The van der Waals surface area contributed by atoms with Gasteiger partial charge in [-0.3, -0.25) is 9.59 Å². The lowest BCUT2D eigenvalue weighted by Gasteiger charge is -2.11. The summed E-state index contributed by atoms with van der Waals surface area (Å²) >= 11 is 1.53. The Morgan fingerprint density at radius 1 is 1.21 bits per heavy atom. The van der Waals surface area contributed by atoms with Crippen LogP contribution in [0.3, 0.4) is 0 Å². The van der Waals surface area contributed by atoms with Gasteiger partial charge in [0.05, 0.1) is 16.3 Å². The predicted octanol–water partition coefficient (Wildman–Crippen LogP) is 3.62. The second-order valence-electron chi connectivity index (χ2n) is 6.82. The first-order valence-electron chi connectivity index (χ1n) is 8.93. The van der Waals surface area contributed by atoms with Crippen molar-refractivity contribution in [2.45, 2.75) is 41.7 Å². The molecule has 148 valence electrons. The highest BCUT2D eigenvalue weighted by Crippen LogP contribution is 2.36. The largest absolute Gasteiger partial charge is 0.326 e. The second kappa shape index (κ2) is 8.36. The summed E-state index contributed by atoms with van der Waals surface area (Å²) in [4.78, 5) is 24.9. The Bertz CT molecular complexity index is 1000. The van der Waals surface area contributed by atoms with E-state index < -0.39 is 9.84 Å². The molecule has 8 heteroatoms. The summed E-state index contributed by atoms with van der Waals surface area (Å²) in [5.74, 6) is -0.799.